The zero-order valence-electron chi connectivity index (χ0n) is 15.6. The van der Waals surface area contributed by atoms with Crippen LogP contribution in [0.15, 0.2) is 58.4 Å². The summed E-state index contributed by atoms with van der Waals surface area (Å²) in [5.41, 5.74) is 2.25. The highest BCUT2D eigenvalue weighted by Crippen LogP contribution is 2.20. The highest BCUT2D eigenvalue weighted by Gasteiger charge is 2.07. The van der Waals surface area contributed by atoms with Gasteiger partial charge >= 0.3 is 0 Å². The number of nitrogens with one attached hydrogen (secondary N) is 2. The molecule has 0 heterocycles. The fourth-order valence-corrected chi connectivity index (χ4v) is 3.43. The van der Waals surface area contributed by atoms with Crippen molar-refractivity contribution in [3.63, 3.8) is 0 Å². The third-order valence-electron chi connectivity index (χ3n) is 3.78. The summed E-state index contributed by atoms with van der Waals surface area (Å²) in [5.74, 6) is 2.10. The second-order valence-corrected chi connectivity index (χ2v) is 7.33. The molecule has 0 fully saturated rings. The Kier molecular flexibility index (Phi) is 8.15. The fourth-order valence-electron chi connectivity index (χ4n) is 2.45. The molecule has 140 valence electrons. The van der Waals surface area contributed by atoms with Crippen LogP contribution in [0.2, 0.25) is 0 Å². The maximum Gasteiger partial charge on any atom is 0.191 e. The first-order chi connectivity index (χ1) is 12.6. The molecule has 0 saturated heterocycles. The average Bonchev–Trinajstić information content (AvgIpc) is 2.66. The molecule has 2 aromatic carbocycles. The van der Waals surface area contributed by atoms with Crippen LogP contribution in [-0.4, -0.2) is 36.1 Å². The third-order valence-corrected chi connectivity index (χ3v) is 5.15. The van der Waals surface area contributed by atoms with E-state index in [2.05, 4.69) is 27.8 Å². The second kappa shape index (κ2) is 10.6. The lowest BCUT2D eigenvalue weighted by Crippen LogP contribution is -2.38. The quantitative estimate of drug-likeness (QED) is 0.552. The van der Waals surface area contributed by atoms with Crippen molar-refractivity contribution < 1.29 is 8.95 Å². The van der Waals surface area contributed by atoms with Crippen molar-refractivity contribution in [2.75, 3.05) is 26.0 Å². The molecule has 0 radical (unpaired) electrons. The van der Waals surface area contributed by atoms with Crippen molar-refractivity contribution in [1.29, 1.82) is 0 Å². The Morgan fingerprint density at radius 2 is 1.92 bits per heavy atom. The Balaban J connectivity index is 1.84. The number of rotatable bonds is 8. The van der Waals surface area contributed by atoms with Gasteiger partial charge in [0.15, 0.2) is 5.96 Å². The number of aliphatic imine (C=N–C) groups is 1. The van der Waals surface area contributed by atoms with Crippen LogP contribution in [0, 0.1) is 6.92 Å². The molecule has 0 aliphatic heterocycles. The number of hydrogen-bond donors (Lipinski definition) is 2. The first kappa shape index (κ1) is 20.0. The number of hydrogen-bond acceptors (Lipinski definition) is 3. The summed E-state index contributed by atoms with van der Waals surface area (Å²) >= 11 is 0. The van der Waals surface area contributed by atoms with Crippen molar-refractivity contribution in [2.24, 2.45) is 4.99 Å². The number of benzene rings is 2. The molecule has 2 rings (SSSR count). The van der Waals surface area contributed by atoms with E-state index >= 15 is 0 Å². The molecule has 5 nitrogen and oxygen atoms in total. The molecule has 1 atom stereocenters. The van der Waals surface area contributed by atoms with Crippen LogP contribution >= 0.6 is 0 Å². The van der Waals surface area contributed by atoms with Gasteiger partial charge in [0.05, 0.1) is 17.4 Å². The maximum atomic E-state index is 12.2. The molecule has 0 bridgehead atoms. The molecule has 0 amide bonds. The van der Waals surface area contributed by atoms with E-state index in [1.165, 1.54) is 5.56 Å². The number of ether oxygens (including phenoxy) is 1. The summed E-state index contributed by atoms with van der Waals surface area (Å²) in [4.78, 5) is 5.07. The van der Waals surface area contributed by atoms with Gasteiger partial charge < -0.3 is 15.4 Å². The summed E-state index contributed by atoms with van der Waals surface area (Å²) in [6.07, 6.45) is 0. The predicted molar refractivity (Wildman–Crippen MR) is 108 cm³/mol. The van der Waals surface area contributed by atoms with E-state index in [0.29, 0.717) is 31.4 Å². The van der Waals surface area contributed by atoms with Gasteiger partial charge in [-0.1, -0.05) is 30.3 Å². The van der Waals surface area contributed by atoms with Gasteiger partial charge in [-0.2, -0.15) is 0 Å². The zero-order valence-corrected chi connectivity index (χ0v) is 16.4. The highest BCUT2D eigenvalue weighted by molar-refractivity contribution is 7.85. The third kappa shape index (κ3) is 6.19. The van der Waals surface area contributed by atoms with E-state index in [9.17, 15) is 4.21 Å². The topological polar surface area (TPSA) is 62.7 Å². The zero-order chi connectivity index (χ0) is 18.8. The van der Waals surface area contributed by atoms with Crippen LogP contribution in [0.4, 0.5) is 0 Å². The first-order valence-electron chi connectivity index (χ1n) is 8.74. The van der Waals surface area contributed by atoms with E-state index in [1.54, 1.807) is 7.05 Å². The Morgan fingerprint density at radius 3 is 2.62 bits per heavy atom. The van der Waals surface area contributed by atoms with Gasteiger partial charge in [0, 0.05) is 36.3 Å². The molecule has 2 N–H and O–H groups in total. The van der Waals surface area contributed by atoms with Gasteiger partial charge in [0.1, 0.15) is 5.75 Å². The van der Waals surface area contributed by atoms with Crippen LogP contribution in [0.3, 0.4) is 0 Å². The molecule has 26 heavy (non-hydrogen) atoms. The summed E-state index contributed by atoms with van der Waals surface area (Å²) in [7, 11) is 0.708. The van der Waals surface area contributed by atoms with Gasteiger partial charge in [0.25, 0.3) is 0 Å². The monoisotopic (exact) mass is 373 g/mol. The van der Waals surface area contributed by atoms with Gasteiger partial charge in [-0.3, -0.25) is 9.20 Å². The minimum Gasteiger partial charge on any atom is -0.494 e. The van der Waals surface area contributed by atoms with Crippen LogP contribution in [-0.2, 0) is 17.3 Å². The Labute approximate surface area is 158 Å². The molecule has 0 saturated carbocycles. The fraction of sp³-hybridized carbons (Fsp3) is 0.350. The van der Waals surface area contributed by atoms with Gasteiger partial charge in [0.2, 0.25) is 0 Å². The number of aryl methyl sites for hydroxylation is 1. The van der Waals surface area contributed by atoms with Crippen molar-refractivity contribution in [1.82, 2.24) is 10.6 Å². The molecule has 0 aliphatic carbocycles. The van der Waals surface area contributed by atoms with Crippen LogP contribution in [0.1, 0.15) is 18.1 Å². The van der Waals surface area contributed by atoms with Crippen molar-refractivity contribution in [2.45, 2.75) is 25.3 Å². The molecule has 0 aromatic heterocycles. The smallest absolute Gasteiger partial charge is 0.191 e. The second-order valence-electron chi connectivity index (χ2n) is 5.76. The SMILES string of the molecule is CCOc1cc(C)ccc1CNC(=NC)NCCS(=O)c1ccccc1. The van der Waals surface area contributed by atoms with Crippen molar-refractivity contribution in [3.8, 4) is 5.75 Å². The molecule has 2 aromatic rings. The summed E-state index contributed by atoms with van der Waals surface area (Å²) in [5, 5.41) is 6.49. The minimum atomic E-state index is -1.02. The summed E-state index contributed by atoms with van der Waals surface area (Å²) in [6, 6.07) is 15.7. The molecule has 0 aliphatic rings. The van der Waals surface area contributed by atoms with Crippen LogP contribution < -0.4 is 15.4 Å². The van der Waals surface area contributed by atoms with Gasteiger partial charge in [-0.15, -0.1) is 0 Å². The lowest BCUT2D eigenvalue weighted by atomic mass is 10.1. The van der Waals surface area contributed by atoms with Crippen LogP contribution in [0.5, 0.6) is 5.75 Å². The van der Waals surface area contributed by atoms with Crippen molar-refractivity contribution >= 4 is 16.8 Å². The molecular weight excluding hydrogens is 346 g/mol. The summed E-state index contributed by atoms with van der Waals surface area (Å²) in [6.45, 7) is 5.85. The molecule has 1 unspecified atom stereocenters. The first-order valence-corrected chi connectivity index (χ1v) is 10.1. The minimum absolute atomic E-state index is 0.527. The number of nitrogens with zero attached hydrogens (tertiary/aromatic N) is 1. The van der Waals surface area contributed by atoms with Gasteiger partial charge in [-0.25, -0.2) is 0 Å². The number of guanidine groups is 1. The molecule has 0 spiro atoms. The highest BCUT2D eigenvalue weighted by atomic mass is 32.2. The average molecular weight is 374 g/mol. The molecular formula is C20H27N3O2S. The lowest BCUT2D eigenvalue weighted by Gasteiger charge is -2.15. The molecule has 6 heteroatoms. The largest absolute Gasteiger partial charge is 0.494 e. The Hall–Kier alpha value is -2.34. The van der Waals surface area contributed by atoms with Crippen LogP contribution in [0.25, 0.3) is 0 Å². The normalized spacial score (nSPS) is 12.5. The van der Waals surface area contributed by atoms with E-state index in [-0.39, 0.29) is 0 Å². The van der Waals surface area contributed by atoms with E-state index in [4.69, 9.17) is 4.74 Å². The van der Waals surface area contributed by atoms with E-state index < -0.39 is 10.8 Å². The Morgan fingerprint density at radius 1 is 1.15 bits per heavy atom. The van der Waals surface area contributed by atoms with E-state index in [0.717, 1.165) is 16.2 Å². The van der Waals surface area contributed by atoms with E-state index in [1.807, 2.05) is 50.2 Å². The Bertz CT molecular complexity index is 748. The standard InChI is InChI=1S/C20H27N3O2S/c1-4-25-19-14-16(2)10-11-17(19)15-23-20(21-3)22-12-13-26(24)18-8-6-5-7-9-18/h5-11,14H,4,12-13,15H2,1-3H3,(H2,21,22,23). The predicted octanol–water partition coefficient (Wildman–Crippen LogP) is 2.87. The van der Waals surface area contributed by atoms with Crippen molar-refractivity contribution in [3.05, 3.63) is 59.7 Å². The lowest BCUT2D eigenvalue weighted by molar-refractivity contribution is 0.336. The maximum absolute atomic E-state index is 12.2. The summed E-state index contributed by atoms with van der Waals surface area (Å²) < 4.78 is 17.9. The van der Waals surface area contributed by atoms with Gasteiger partial charge in [-0.05, 0) is 37.6 Å².